The lowest BCUT2D eigenvalue weighted by Gasteiger charge is -2.33. The number of piperidine rings is 1. The smallest absolute Gasteiger partial charge is 0.266 e. The van der Waals surface area contributed by atoms with Crippen LogP contribution in [0.2, 0.25) is 0 Å². The number of nitrogens with one attached hydrogen (secondary N) is 2. The monoisotopic (exact) mass is 356 g/mol. The number of carbonyl (C=O) groups excluding carboxylic acids is 1. The number of aromatic nitrogens is 2. The van der Waals surface area contributed by atoms with Gasteiger partial charge in [0.2, 0.25) is 5.91 Å². The molecule has 1 fully saturated rings. The van der Waals surface area contributed by atoms with Crippen LogP contribution < -0.4 is 25.2 Å². The van der Waals surface area contributed by atoms with Crippen LogP contribution in [0.3, 0.4) is 0 Å². The highest BCUT2D eigenvalue weighted by molar-refractivity contribution is 5.93. The fourth-order valence-electron chi connectivity index (χ4n) is 3.33. The van der Waals surface area contributed by atoms with Crippen molar-refractivity contribution in [2.45, 2.75) is 12.8 Å². The number of anilines is 2. The molecular weight excluding hydrogens is 336 g/mol. The highest BCUT2D eigenvalue weighted by atomic mass is 16.6. The fraction of sp³-hybridized carbons (Fsp3) is 0.389. The van der Waals surface area contributed by atoms with Crippen molar-refractivity contribution in [1.82, 2.24) is 10.2 Å². The lowest BCUT2D eigenvalue weighted by atomic mass is 9.96. The molecule has 0 spiro atoms. The van der Waals surface area contributed by atoms with E-state index in [0.29, 0.717) is 36.9 Å². The summed E-state index contributed by atoms with van der Waals surface area (Å²) in [6, 6.07) is 6.91. The molecule has 2 aromatic rings. The number of carbonyl (C=O) groups is 1. The number of fused-ring (bicyclic) bond motifs is 1. The van der Waals surface area contributed by atoms with Crippen LogP contribution in [0.5, 0.6) is 11.5 Å². The molecule has 1 aromatic heterocycles. The van der Waals surface area contributed by atoms with Gasteiger partial charge in [0.05, 0.1) is 17.8 Å². The highest BCUT2D eigenvalue weighted by Gasteiger charge is 2.26. The first-order valence-corrected chi connectivity index (χ1v) is 8.69. The van der Waals surface area contributed by atoms with Crippen LogP contribution >= 0.6 is 0 Å². The zero-order valence-electron chi connectivity index (χ0n) is 14.2. The minimum atomic E-state index is -0.245. The number of ether oxygens (including phenoxy) is 2. The molecule has 4 rings (SSSR count). The lowest BCUT2D eigenvalue weighted by Crippen LogP contribution is -2.41. The van der Waals surface area contributed by atoms with E-state index in [1.807, 2.05) is 11.0 Å². The van der Waals surface area contributed by atoms with Crippen LogP contribution in [0.1, 0.15) is 12.8 Å². The molecule has 0 radical (unpaired) electrons. The zero-order chi connectivity index (χ0) is 17.9. The van der Waals surface area contributed by atoms with Gasteiger partial charge in [0, 0.05) is 30.9 Å². The second kappa shape index (κ2) is 7.07. The van der Waals surface area contributed by atoms with Gasteiger partial charge >= 0.3 is 0 Å². The number of rotatable bonds is 3. The third kappa shape index (κ3) is 3.49. The Kier molecular flexibility index (Phi) is 4.47. The number of hydrogen-bond acceptors (Lipinski definition) is 6. The SMILES string of the molecule is O=C(Nc1ccc2c(c1)OCCO2)[C@@H]1CCCN(c2cn[nH]c(=O)c2)C1. The molecule has 1 aromatic carbocycles. The van der Waals surface area contributed by atoms with E-state index in [0.717, 1.165) is 25.1 Å². The van der Waals surface area contributed by atoms with Gasteiger partial charge in [-0.3, -0.25) is 9.59 Å². The first kappa shape index (κ1) is 16.4. The van der Waals surface area contributed by atoms with Gasteiger partial charge < -0.3 is 19.7 Å². The van der Waals surface area contributed by atoms with Gasteiger partial charge in [0.1, 0.15) is 13.2 Å². The molecule has 8 nitrogen and oxygen atoms in total. The summed E-state index contributed by atoms with van der Waals surface area (Å²) in [6.45, 7) is 2.40. The van der Waals surface area contributed by atoms with Gasteiger partial charge in [-0.2, -0.15) is 5.10 Å². The summed E-state index contributed by atoms with van der Waals surface area (Å²) in [5.41, 5.74) is 1.19. The standard InChI is InChI=1S/C18H20N4O4/c23-17-9-14(10-19-21-17)22-5-1-2-12(11-22)18(24)20-13-3-4-15-16(8-13)26-7-6-25-15/h3-4,8-10,12H,1-2,5-7,11H2,(H,20,24)(H,21,23)/t12-/m1/s1. The molecule has 1 saturated heterocycles. The Morgan fingerprint density at radius 2 is 2.08 bits per heavy atom. The first-order valence-electron chi connectivity index (χ1n) is 8.69. The topological polar surface area (TPSA) is 96.6 Å². The van der Waals surface area contributed by atoms with E-state index >= 15 is 0 Å². The maximum absolute atomic E-state index is 12.7. The Morgan fingerprint density at radius 3 is 2.92 bits per heavy atom. The van der Waals surface area contributed by atoms with Crippen LogP contribution in [0.4, 0.5) is 11.4 Å². The third-order valence-electron chi connectivity index (χ3n) is 4.62. The quantitative estimate of drug-likeness (QED) is 0.863. The highest BCUT2D eigenvalue weighted by Crippen LogP contribution is 2.33. The van der Waals surface area contributed by atoms with Crippen molar-refractivity contribution in [1.29, 1.82) is 0 Å². The summed E-state index contributed by atoms with van der Waals surface area (Å²) in [5, 5.41) is 9.16. The summed E-state index contributed by atoms with van der Waals surface area (Å²) in [6.07, 6.45) is 3.30. The molecule has 1 amide bonds. The van der Waals surface area contributed by atoms with Gasteiger partial charge in [-0.05, 0) is 25.0 Å². The van der Waals surface area contributed by atoms with Crippen molar-refractivity contribution < 1.29 is 14.3 Å². The minimum Gasteiger partial charge on any atom is -0.486 e. The summed E-state index contributed by atoms with van der Waals surface area (Å²) in [7, 11) is 0. The van der Waals surface area contributed by atoms with E-state index in [4.69, 9.17) is 9.47 Å². The van der Waals surface area contributed by atoms with Crippen LogP contribution in [-0.4, -0.2) is 42.4 Å². The fourth-order valence-corrected chi connectivity index (χ4v) is 3.33. The maximum Gasteiger partial charge on any atom is 0.266 e. The van der Waals surface area contributed by atoms with Gasteiger partial charge in [-0.1, -0.05) is 0 Å². The van der Waals surface area contributed by atoms with Crippen molar-refractivity contribution >= 4 is 17.3 Å². The number of hydrogen-bond donors (Lipinski definition) is 2. The molecule has 1 atom stereocenters. The zero-order valence-corrected chi connectivity index (χ0v) is 14.2. The minimum absolute atomic E-state index is 0.0378. The number of nitrogens with zero attached hydrogens (tertiary/aromatic N) is 2. The Labute approximate surface area is 150 Å². The molecule has 8 heteroatoms. The van der Waals surface area contributed by atoms with E-state index in [9.17, 15) is 9.59 Å². The molecule has 0 unspecified atom stereocenters. The predicted octanol–water partition coefficient (Wildman–Crippen LogP) is 1.40. The molecular formula is C18H20N4O4. The largest absolute Gasteiger partial charge is 0.486 e. The maximum atomic E-state index is 12.7. The predicted molar refractivity (Wildman–Crippen MR) is 95.9 cm³/mol. The molecule has 2 aliphatic rings. The van der Waals surface area contributed by atoms with Gasteiger partial charge in [0.25, 0.3) is 5.56 Å². The van der Waals surface area contributed by atoms with Gasteiger partial charge in [0.15, 0.2) is 11.5 Å². The first-order chi connectivity index (χ1) is 12.7. The van der Waals surface area contributed by atoms with Crippen LogP contribution in [0.25, 0.3) is 0 Å². The lowest BCUT2D eigenvalue weighted by molar-refractivity contribution is -0.120. The van der Waals surface area contributed by atoms with Gasteiger partial charge in [-0.15, -0.1) is 0 Å². The summed E-state index contributed by atoms with van der Waals surface area (Å²) in [5.74, 6) is 1.15. The normalized spacial score (nSPS) is 19.1. The van der Waals surface area contributed by atoms with Gasteiger partial charge in [-0.25, -0.2) is 5.10 Å². The second-order valence-corrected chi connectivity index (χ2v) is 6.44. The van der Waals surface area contributed by atoms with Crippen LogP contribution in [0.15, 0.2) is 35.3 Å². The molecule has 0 saturated carbocycles. The number of amides is 1. The van der Waals surface area contributed by atoms with Crippen molar-refractivity contribution in [3.8, 4) is 11.5 Å². The molecule has 2 N–H and O–H groups in total. The van der Waals surface area contributed by atoms with Crippen molar-refractivity contribution in [2.75, 3.05) is 36.5 Å². The number of H-pyrrole nitrogens is 1. The van der Waals surface area contributed by atoms with E-state index < -0.39 is 0 Å². The van der Waals surface area contributed by atoms with Crippen molar-refractivity contribution in [3.05, 3.63) is 40.8 Å². The second-order valence-electron chi connectivity index (χ2n) is 6.44. The van der Waals surface area contributed by atoms with E-state index in [2.05, 4.69) is 15.5 Å². The molecule has 136 valence electrons. The molecule has 0 bridgehead atoms. The summed E-state index contributed by atoms with van der Waals surface area (Å²) >= 11 is 0. The molecule has 2 aliphatic heterocycles. The average Bonchev–Trinajstić information content (AvgIpc) is 2.68. The van der Waals surface area contributed by atoms with Crippen LogP contribution in [-0.2, 0) is 4.79 Å². The summed E-state index contributed by atoms with van der Waals surface area (Å²) < 4.78 is 11.0. The van der Waals surface area contributed by atoms with E-state index in [-0.39, 0.29) is 17.4 Å². The number of aromatic amines is 1. The van der Waals surface area contributed by atoms with Crippen molar-refractivity contribution in [2.24, 2.45) is 5.92 Å². The molecule has 0 aliphatic carbocycles. The third-order valence-corrected chi connectivity index (χ3v) is 4.62. The molecule has 3 heterocycles. The van der Waals surface area contributed by atoms with Crippen molar-refractivity contribution in [3.63, 3.8) is 0 Å². The Bertz CT molecular complexity index is 866. The van der Waals surface area contributed by atoms with Crippen LogP contribution in [0, 0.1) is 5.92 Å². The van der Waals surface area contributed by atoms with E-state index in [1.54, 1.807) is 18.3 Å². The Balaban J connectivity index is 1.43. The van der Waals surface area contributed by atoms with E-state index in [1.165, 1.54) is 6.07 Å². The average molecular weight is 356 g/mol. The summed E-state index contributed by atoms with van der Waals surface area (Å²) in [4.78, 5) is 26.2. The molecule has 26 heavy (non-hydrogen) atoms. The number of benzene rings is 1. The Hall–Kier alpha value is -3.03. The Morgan fingerprint density at radius 1 is 1.23 bits per heavy atom.